The predicted molar refractivity (Wildman–Crippen MR) is 78.8 cm³/mol. The van der Waals surface area contributed by atoms with Crippen LogP contribution in [0.5, 0.6) is 5.75 Å². The van der Waals surface area contributed by atoms with Gasteiger partial charge in [-0.3, -0.25) is 0 Å². The molecule has 0 radical (unpaired) electrons. The Labute approximate surface area is 118 Å². The zero-order valence-electron chi connectivity index (χ0n) is 11.5. The van der Waals surface area contributed by atoms with Gasteiger partial charge in [0.25, 0.3) is 0 Å². The van der Waals surface area contributed by atoms with E-state index in [1.807, 2.05) is 6.07 Å². The Kier molecular flexibility index (Phi) is 3.59. The second-order valence-corrected chi connectivity index (χ2v) is 5.27. The van der Waals surface area contributed by atoms with Crippen molar-refractivity contribution in [1.82, 2.24) is 0 Å². The summed E-state index contributed by atoms with van der Waals surface area (Å²) in [6.45, 7) is 0. The minimum absolute atomic E-state index is 0.286. The Morgan fingerprint density at radius 1 is 1.10 bits per heavy atom. The third-order valence-electron chi connectivity index (χ3n) is 3.93. The molecule has 104 valence electrons. The summed E-state index contributed by atoms with van der Waals surface area (Å²) in [7, 11) is 1.48. The van der Waals surface area contributed by atoms with Gasteiger partial charge in [0.15, 0.2) is 11.6 Å². The van der Waals surface area contributed by atoms with Gasteiger partial charge in [-0.25, -0.2) is 4.39 Å². The van der Waals surface area contributed by atoms with Crippen LogP contribution in [0.3, 0.4) is 0 Å². The van der Waals surface area contributed by atoms with E-state index in [1.165, 1.54) is 18.7 Å². The van der Waals surface area contributed by atoms with Crippen molar-refractivity contribution in [2.45, 2.75) is 24.8 Å². The molecule has 3 heteroatoms. The maximum atomic E-state index is 13.3. The fourth-order valence-corrected chi connectivity index (χ4v) is 2.72. The molecular weight excluding hydrogens is 253 g/mol. The first-order chi connectivity index (χ1) is 9.76. The molecule has 2 aromatic rings. The number of hydrogen-bond donors (Lipinski definition) is 1. The van der Waals surface area contributed by atoms with Crippen molar-refractivity contribution in [1.29, 1.82) is 0 Å². The lowest BCUT2D eigenvalue weighted by Crippen LogP contribution is -2.33. The number of ether oxygens (including phenoxy) is 1. The van der Waals surface area contributed by atoms with Crippen molar-refractivity contribution in [3.05, 3.63) is 59.9 Å². The smallest absolute Gasteiger partial charge is 0.165 e. The molecule has 0 amide bonds. The number of hydrogen-bond acceptors (Lipinski definition) is 2. The normalized spacial score (nSPS) is 21.1. The fraction of sp³-hybridized carbons (Fsp3) is 0.294. The number of anilines is 1. The van der Waals surface area contributed by atoms with Crippen LogP contribution in [0.1, 0.15) is 24.3 Å². The Bertz CT molecular complexity index is 579. The van der Waals surface area contributed by atoms with Crippen LogP contribution in [0, 0.1) is 5.82 Å². The molecule has 1 fully saturated rings. The summed E-state index contributed by atoms with van der Waals surface area (Å²) in [5.41, 5.74) is 2.32. The van der Waals surface area contributed by atoms with Gasteiger partial charge in [-0.05, 0) is 36.5 Å². The topological polar surface area (TPSA) is 21.3 Å². The van der Waals surface area contributed by atoms with Crippen molar-refractivity contribution in [3.8, 4) is 5.75 Å². The van der Waals surface area contributed by atoms with Crippen LogP contribution in [0.25, 0.3) is 0 Å². The molecule has 2 nitrogen and oxygen atoms in total. The summed E-state index contributed by atoms with van der Waals surface area (Å²) >= 11 is 0. The minimum Gasteiger partial charge on any atom is -0.494 e. The number of benzene rings is 2. The molecule has 0 aliphatic heterocycles. The van der Waals surface area contributed by atoms with Crippen LogP contribution >= 0.6 is 0 Å². The van der Waals surface area contributed by atoms with Crippen LogP contribution in [0.2, 0.25) is 0 Å². The Morgan fingerprint density at radius 2 is 1.85 bits per heavy atom. The van der Waals surface area contributed by atoms with Gasteiger partial charge in [0.2, 0.25) is 0 Å². The van der Waals surface area contributed by atoms with Gasteiger partial charge in [-0.1, -0.05) is 30.3 Å². The molecule has 2 aromatic carbocycles. The molecule has 3 rings (SSSR count). The summed E-state index contributed by atoms with van der Waals surface area (Å²) in [6.07, 6.45) is 2.23. The van der Waals surface area contributed by atoms with E-state index in [2.05, 4.69) is 29.6 Å². The van der Waals surface area contributed by atoms with Crippen LogP contribution < -0.4 is 10.1 Å². The van der Waals surface area contributed by atoms with E-state index in [1.54, 1.807) is 12.1 Å². The molecule has 0 bridgehead atoms. The molecule has 0 unspecified atom stereocenters. The molecule has 1 aliphatic rings. The zero-order chi connectivity index (χ0) is 13.9. The number of rotatable bonds is 4. The van der Waals surface area contributed by atoms with Crippen molar-refractivity contribution < 1.29 is 9.13 Å². The summed E-state index contributed by atoms with van der Waals surface area (Å²) < 4.78 is 18.3. The predicted octanol–water partition coefficient (Wildman–Crippen LogP) is 4.19. The lowest BCUT2D eigenvalue weighted by Gasteiger charge is -2.37. The molecule has 1 N–H and O–H groups in total. The molecule has 0 heterocycles. The van der Waals surface area contributed by atoms with E-state index in [0.717, 1.165) is 18.5 Å². The van der Waals surface area contributed by atoms with Gasteiger partial charge < -0.3 is 10.1 Å². The van der Waals surface area contributed by atoms with E-state index in [9.17, 15) is 4.39 Å². The van der Waals surface area contributed by atoms with E-state index in [-0.39, 0.29) is 11.6 Å². The van der Waals surface area contributed by atoms with E-state index in [0.29, 0.717) is 12.0 Å². The van der Waals surface area contributed by atoms with Crippen LogP contribution in [0.15, 0.2) is 48.5 Å². The zero-order valence-corrected chi connectivity index (χ0v) is 11.5. The van der Waals surface area contributed by atoms with E-state index in [4.69, 9.17) is 4.74 Å². The highest BCUT2D eigenvalue weighted by atomic mass is 19.1. The van der Waals surface area contributed by atoms with Gasteiger partial charge in [0.1, 0.15) is 0 Å². The average molecular weight is 271 g/mol. The number of methoxy groups -OCH3 is 1. The molecule has 0 spiro atoms. The maximum absolute atomic E-state index is 13.3. The van der Waals surface area contributed by atoms with Crippen molar-refractivity contribution in [2.75, 3.05) is 12.4 Å². The minimum atomic E-state index is -0.325. The number of nitrogens with one attached hydrogen (secondary N) is 1. The standard InChI is InChI=1S/C17H18FNO/c1-20-17-11-14(7-8-16(17)18)19-15-9-13(10-15)12-5-3-2-4-6-12/h2-8,11,13,15,19H,9-10H2,1H3. The van der Waals surface area contributed by atoms with Crippen LogP contribution in [-0.4, -0.2) is 13.2 Å². The summed E-state index contributed by atoms with van der Waals surface area (Å²) in [5, 5.41) is 3.43. The van der Waals surface area contributed by atoms with Gasteiger partial charge in [0.05, 0.1) is 7.11 Å². The molecule has 20 heavy (non-hydrogen) atoms. The summed E-state index contributed by atoms with van der Waals surface area (Å²) in [5.74, 6) is 0.596. The molecule has 1 aliphatic carbocycles. The van der Waals surface area contributed by atoms with Crippen molar-refractivity contribution in [3.63, 3.8) is 0 Å². The van der Waals surface area contributed by atoms with Gasteiger partial charge in [-0.2, -0.15) is 0 Å². The lowest BCUT2D eigenvalue weighted by molar-refractivity contribution is 0.372. The van der Waals surface area contributed by atoms with Gasteiger partial charge in [-0.15, -0.1) is 0 Å². The SMILES string of the molecule is COc1cc(NC2CC(c3ccccc3)C2)ccc1F. The molecule has 1 saturated carbocycles. The number of halogens is 1. The second-order valence-electron chi connectivity index (χ2n) is 5.27. The first-order valence-electron chi connectivity index (χ1n) is 6.91. The monoisotopic (exact) mass is 271 g/mol. The molecule has 0 aromatic heterocycles. The van der Waals surface area contributed by atoms with Crippen LogP contribution in [-0.2, 0) is 0 Å². The Hall–Kier alpha value is -2.03. The third kappa shape index (κ3) is 2.62. The summed E-state index contributed by atoms with van der Waals surface area (Å²) in [4.78, 5) is 0. The lowest BCUT2D eigenvalue weighted by atomic mass is 9.76. The van der Waals surface area contributed by atoms with E-state index >= 15 is 0 Å². The first kappa shape index (κ1) is 13.0. The van der Waals surface area contributed by atoms with Crippen LogP contribution in [0.4, 0.5) is 10.1 Å². The summed E-state index contributed by atoms with van der Waals surface area (Å²) in [6, 6.07) is 15.9. The Morgan fingerprint density at radius 3 is 2.55 bits per heavy atom. The highest BCUT2D eigenvalue weighted by molar-refractivity contribution is 5.50. The van der Waals surface area contributed by atoms with E-state index < -0.39 is 0 Å². The molecular formula is C17H18FNO. The highest BCUT2D eigenvalue weighted by Gasteiger charge is 2.30. The van der Waals surface area contributed by atoms with Crippen molar-refractivity contribution in [2.24, 2.45) is 0 Å². The largest absolute Gasteiger partial charge is 0.494 e. The van der Waals surface area contributed by atoms with Gasteiger partial charge in [0, 0.05) is 17.8 Å². The van der Waals surface area contributed by atoms with Crippen molar-refractivity contribution >= 4 is 5.69 Å². The first-order valence-corrected chi connectivity index (χ1v) is 6.91. The fourth-order valence-electron chi connectivity index (χ4n) is 2.72. The highest BCUT2D eigenvalue weighted by Crippen LogP contribution is 2.38. The quantitative estimate of drug-likeness (QED) is 0.900. The second kappa shape index (κ2) is 5.53. The molecule has 0 saturated heterocycles. The average Bonchev–Trinajstić information content (AvgIpc) is 2.45. The Balaban J connectivity index is 1.59. The third-order valence-corrected chi connectivity index (χ3v) is 3.93. The molecule has 0 atom stereocenters. The van der Waals surface area contributed by atoms with Gasteiger partial charge >= 0.3 is 0 Å². The maximum Gasteiger partial charge on any atom is 0.165 e.